The minimum absolute atomic E-state index is 0.0364. The molecule has 2 aromatic rings. The number of rotatable bonds is 8. The highest BCUT2D eigenvalue weighted by atomic mass is 35.5. The van der Waals surface area contributed by atoms with Crippen LogP contribution in [0.25, 0.3) is 0 Å². The van der Waals surface area contributed by atoms with E-state index < -0.39 is 28.4 Å². The van der Waals surface area contributed by atoms with Crippen LogP contribution in [0.15, 0.2) is 35.2 Å². The van der Waals surface area contributed by atoms with Crippen LogP contribution >= 0.6 is 34.5 Å². The fraction of sp³-hybridized carbons (Fsp3) is 0.333. The number of Topliss-reactive ketones (excluding diaryl/α,β-unsaturated/α-hetero) is 1. The zero-order valence-corrected chi connectivity index (χ0v) is 18.2. The molecule has 0 spiro atoms. The highest BCUT2D eigenvalue weighted by Gasteiger charge is 2.24. The van der Waals surface area contributed by atoms with Gasteiger partial charge in [-0.15, -0.1) is 11.3 Å². The molecule has 7 nitrogen and oxygen atoms in total. The summed E-state index contributed by atoms with van der Waals surface area (Å²) in [5, 5.41) is -0.0364. The summed E-state index contributed by atoms with van der Waals surface area (Å²) in [4.78, 5) is 24.4. The van der Waals surface area contributed by atoms with Gasteiger partial charge in [-0.05, 0) is 43.2 Å². The van der Waals surface area contributed by atoms with E-state index in [-0.39, 0.29) is 28.1 Å². The number of halogens is 2. The van der Waals surface area contributed by atoms with Crippen molar-refractivity contribution in [2.45, 2.75) is 23.8 Å². The molecule has 0 saturated carbocycles. The Hall–Kier alpha value is -1.49. The van der Waals surface area contributed by atoms with Crippen molar-refractivity contribution in [3.05, 3.63) is 50.1 Å². The Morgan fingerprint density at radius 3 is 2.69 bits per heavy atom. The molecule has 0 amide bonds. The average Bonchev–Trinajstić information content (AvgIpc) is 3.36. The van der Waals surface area contributed by atoms with E-state index in [2.05, 4.69) is 4.72 Å². The first-order valence-corrected chi connectivity index (χ1v) is 11.7. The lowest BCUT2D eigenvalue weighted by Crippen LogP contribution is -2.32. The summed E-state index contributed by atoms with van der Waals surface area (Å²) in [6.45, 7) is 0.230. The number of benzene rings is 1. The summed E-state index contributed by atoms with van der Waals surface area (Å²) >= 11 is 12.9. The number of esters is 1. The smallest absolute Gasteiger partial charge is 0.338 e. The summed E-state index contributed by atoms with van der Waals surface area (Å²) in [6, 6.07) is 6.85. The zero-order valence-electron chi connectivity index (χ0n) is 15.0. The molecular weight excluding hydrogens is 461 g/mol. The molecule has 1 aromatic heterocycles. The van der Waals surface area contributed by atoms with Crippen LogP contribution in [0, 0.1) is 0 Å². The van der Waals surface area contributed by atoms with Gasteiger partial charge in [-0.1, -0.05) is 23.2 Å². The molecule has 0 radical (unpaired) electrons. The van der Waals surface area contributed by atoms with E-state index in [1.165, 1.54) is 18.2 Å². The van der Waals surface area contributed by atoms with E-state index in [4.69, 9.17) is 32.7 Å². The van der Waals surface area contributed by atoms with Crippen LogP contribution in [0.1, 0.15) is 32.9 Å². The molecule has 3 rings (SSSR count). The first kappa shape index (κ1) is 22.2. The van der Waals surface area contributed by atoms with Crippen LogP contribution in [0.5, 0.6) is 0 Å². The van der Waals surface area contributed by atoms with E-state index in [0.29, 0.717) is 15.8 Å². The number of nitrogens with one attached hydrogen (secondary N) is 1. The van der Waals surface area contributed by atoms with Crippen molar-refractivity contribution in [2.24, 2.45) is 0 Å². The van der Waals surface area contributed by atoms with Gasteiger partial charge in [0.05, 0.1) is 25.9 Å². The van der Waals surface area contributed by atoms with Gasteiger partial charge in [0.1, 0.15) is 4.90 Å². The van der Waals surface area contributed by atoms with E-state index in [0.717, 1.165) is 30.2 Å². The quantitative estimate of drug-likeness (QED) is 0.460. The summed E-state index contributed by atoms with van der Waals surface area (Å²) in [6.07, 6.45) is 1.46. The summed E-state index contributed by atoms with van der Waals surface area (Å²) < 4.78 is 38.4. The normalized spacial score (nSPS) is 16.7. The van der Waals surface area contributed by atoms with E-state index in [9.17, 15) is 18.0 Å². The molecule has 156 valence electrons. The second kappa shape index (κ2) is 9.55. The Bertz CT molecular complexity index is 1020. The molecule has 1 atom stereocenters. The van der Waals surface area contributed by atoms with Crippen molar-refractivity contribution in [1.82, 2.24) is 4.72 Å². The highest BCUT2D eigenvalue weighted by Crippen LogP contribution is 2.24. The standard InChI is InChI=1S/C18H17Cl2NO6S2/c19-13-4-3-11(18(23)27-10-14(22)15-5-6-17(20)28-15)8-16(13)29(24,25)21-9-12-2-1-7-26-12/h3-6,8,12,21H,1-2,7,9-10H2. The van der Waals surface area contributed by atoms with Gasteiger partial charge in [0.15, 0.2) is 6.61 Å². The molecule has 2 heterocycles. The summed E-state index contributed by atoms with van der Waals surface area (Å²) in [5.41, 5.74) is -0.0381. The number of ether oxygens (including phenoxy) is 2. The van der Waals surface area contributed by atoms with Gasteiger partial charge in [0.2, 0.25) is 15.8 Å². The van der Waals surface area contributed by atoms with Gasteiger partial charge in [0, 0.05) is 13.2 Å². The Balaban J connectivity index is 1.67. The maximum Gasteiger partial charge on any atom is 0.338 e. The Labute approximate surface area is 182 Å². The largest absolute Gasteiger partial charge is 0.454 e. The topological polar surface area (TPSA) is 98.8 Å². The molecule has 1 aliphatic rings. The predicted molar refractivity (Wildman–Crippen MR) is 110 cm³/mol. The van der Waals surface area contributed by atoms with Gasteiger partial charge in [-0.25, -0.2) is 17.9 Å². The second-order valence-electron chi connectivity index (χ2n) is 6.24. The van der Waals surface area contributed by atoms with Crippen LogP contribution in [-0.2, 0) is 19.5 Å². The number of thiophene rings is 1. The molecule has 11 heteroatoms. The third-order valence-electron chi connectivity index (χ3n) is 4.16. The van der Waals surface area contributed by atoms with Gasteiger partial charge in [-0.3, -0.25) is 4.79 Å². The fourth-order valence-electron chi connectivity index (χ4n) is 2.67. The number of sulfonamides is 1. The van der Waals surface area contributed by atoms with Crippen molar-refractivity contribution in [1.29, 1.82) is 0 Å². The average molecular weight is 478 g/mol. The maximum atomic E-state index is 12.6. The molecular formula is C18H17Cl2NO6S2. The summed E-state index contributed by atoms with van der Waals surface area (Å²) in [5.74, 6) is -1.25. The number of hydrogen-bond donors (Lipinski definition) is 1. The third kappa shape index (κ3) is 5.78. The lowest BCUT2D eigenvalue weighted by Gasteiger charge is -2.13. The van der Waals surface area contributed by atoms with E-state index >= 15 is 0 Å². The molecule has 1 fully saturated rings. The van der Waals surface area contributed by atoms with Crippen molar-refractivity contribution < 1.29 is 27.5 Å². The molecule has 1 unspecified atom stereocenters. The van der Waals surface area contributed by atoms with Crippen LogP contribution in [0.2, 0.25) is 9.36 Å². The zero-order chi connectivity index (χ0) is 21.0. The predicted octanol–water partition coefficient (Wildman–Crippen LogP) is 3.55. The second-order valence-corrected chi connectivity index (χ2v) is 10.1. The van der Waals surface area contributed by atoms with Crippen LogP contribution in [0.3, 0.4) is 0 Å². The number of carbonyl (C=O) groups is 2. The van der Waals surface area contributed by atoms with Crippen molar-refractivity contribution >= 4 is 56.3 Å². The van der Waals surface area contributed by atoms with E-state index in [1.807, 2.05) is 0 Å². The van der Waals surface area contributed by atoms with Crippen LogP contribution < -0.4 is 4.72 Å². The molecule has 29 heavy (non-hydrogen) atoms. The van der Waals surface area contributed by atoms with Crippen LogP contribution in [-0.4, -0.2) is 46.0 Å². The first-order valence-electron chi connectivity index (χ1n) is 8.63. The SMILES string of the molecule is O=C(OCC(=O)c1ccc(Cl)s1)c1ccc(Cl)c(S(=O)(=O)NCC2CCCO2)c1. The van der Waals surface area contributed by atoms with E-state index in [1.54, 1.807) is 6.07 Å². The molecule has 1 saturated heterocycles. The Morgan fingerprint density at radius 2 is 2.03 bits per heavy atom. The van der Waals surface area contributed by atoms with Gasteiger partial charge < -0.3 is 9.47 Å². The number of ketones is 1. The fourth-order valence-corrected chi connectivity index (χ4v) is 5.23. The minimum Gasteiger partial charge on any atom is -0.454 e. The molecule has 0 bridgehead atoms. The summed E-state index contributed by atoms with van der Waals surface area (Å²) in [7, 11) is -3.96. The lowest BCUT2D eigenvalue weighted by molar-refractivity contribution is 0.0475. The lowest BCUT2D eigenvalue weighted by atomic mass is 10.2. The minimum atomic E-state index is -3.96. The van der Waals surface area contributed by atoms with Crippen LogP contribution in [0.4, 0.5) is 0 Å². The maximum absolute atomic E-state index is 12.6. The Morgan fingerprint density at radius 1 is 1.24 bits per heavy atom. The molecule has 1 aromatic carbocycles. The molecule has 0 aliphatic carbocycles. The van der Waals surface area contributed by atoms with Crippen molar-refractivity contribution in [3.63, 3.8) is 0 Å². The number of hydrogen-bond acceptors (Lipinski definition) is 7. The van der Waals surface area contributed by atoms with Crippen molar-refractivity contribution in [3.8, 4) is 0 Å². The van der Waals surface area contributed by atoms with Gasteiger partial charge in [0.25, 0.3) is 0 Å². The van der Waals surface area contributed by atoms with Crippen molar-refractivity contribution in [2.75, 3.05) is 19.8 Å². The third-order valence-corrected chi connectivity index (χ3v) is 7.34. The molecule has 1 aliphatic heterocycles. The molecule has 1 N–H and O–H groups in total. The monoisotopic (exact) mass is 477 g/mol. The number of carbonyl (C=O) groups excluding carboxylic acids is 2. The first-order chi connectivity index (χ1) is 13.8. The van der Waals surface area contributed by atoms with Gasteiger partial charge in [-0.2, -0.15) is 0 Å². The highest BCUT2D eigenvalue weighted by molar-refractivity contribution is 7.89. The van der Waals surface area contributed by atoms with Gasteiger partial charge >= 0.3 is 5.97 Å². The Kier molecular flexibility index (Phi) is 7.31.